The van der Waals surface area contributed by atoms with Gasteiger partial charge in [0, 0.05) is 11.3 Å². The van der Waals surface area contributed by atoms with Crippen LogP contribution in [0.4, 0.5) is 5.69 Å². The van der Waals surface area contributed by atoms with Crippen LogP contribution < -0.4 is 11.1 Å². The number of amides is 1. The number of hydrogen-bond donors (Lipinski definition) is 2. The Morgan fingerprint density at radius 1 is 1.45 bits per heavy atom. The number of rotatable bonds is 3. The number of aryl methyl sites for hydroxylation is 1. The predicted octanol–water partition coefficient (Wildman–Crippen LogP) is 1.86. The number of carbonyl (C=O) groups is 1. The normalized spacial score (nSPS) is 16.5. The Hall–Kier alpha value is -2.21. The van der Waals surface area contributed by atoms with Gasteiger partial charge in [0.25, 0.3) is 0 Å². The minimum atomic E-state index is -0.715. The van der Waals surface area contributed by atoms with Gasteiger partial charge in [0.15, 0.2) is 0 Å². The summed E-state index contributed by atoms with van der Waals surface area (Å²) >= 11 is 0. The highest BCUT2D eigenvalue weighted by molar-refractivity contribution is 5.99. The molecule has 0 saturated heterocycles. The fourth-order valence-corrected chi connectivity index (χ4v) is 2.22. The first kappa shape index (κ1) is 12.8. The lowest BCUT2D eigenvalue weighted by molar-refractivity contribution is -0.123. The van der Waals surface area contributed by atoms with Gasteiger partial charge in [-0.2, -0.15) is 0 Å². The summed E-state index contributed by atoms with van der Waals surface area (Å²) in [4.78, 5) is 12.2. The maximum Gasteiger partial charge on any atom is 0.247 e. The molecule has 1 amide bonds. The van der Waals surface area contributed by atoms with Gasteiger partial charge < -0.3 is 15.5 Å². The van der Waals surface area contributed by atoms with E-state index in [1.807, 2.05) is 25.1 Å². The molecule has 0 aliphatic heterocycles. The van der Waals surface area contributed by atoms with Crippen LogP contribution in [0.3, 0.4) is 0 Å². The molecule has 20 heavy (non-hydrogen) atoms. The Balaban J connectivity index is 1.85. The molecule has 0 radical (unpaired) electrons. The summed E-state index contributed by atoms with van der Waals surface area (Å²) in [5.41, 5.74) is 7.76. The zero-order valence-corrected chi connectivity index (χ0v) is 11.2. The highest BCUT2D eigenvalue weighted by Crippen LogP contribution is 2.31. The molecule has 1 fully saturated rings. The first-order valence-electron chi connectivity index (χ1n) is 6.56. The lowest BCUT2D eigenvalue weighted by Crippen LogP contribution is -2.56. The van der Waals surface area contributed by atoms with Gasteiger partial charge in [-0.05, 0) is 43.9 Å². The van der Waals surface area contributed by atoms with Crippen LogP contribution in [0.2, 0.25) is 0 Å². The van der Waals surface area contributed by atoms with E-state index in [4.69, 9.17) is 10.2 Å². The topological polar surface area (TPSA) is 94.0 Å². The molecule has 1 heterocycles. The van der Waals surface area contributed by atoms with Crippen LogP contribution in [0, 0.1) is 6.92 Å². The summed E-state index contributed by atoms with van der Waals surface area (Å²) < 4.78 is 5.16. The second-order valence-corrected chi connectivity index (χ2v) is 5.24. The molecule has 1 aliphatic carbocycles. The van der Waals surface area contributed by atoms with E-state index < -0.39 is 5.54 Å². The first-order valence-corrected chi connectivity index (χ1v) is 6.56. The van der Waals surface area contributed by atoms with E-state index in [0.29, 0.717) is 5.89 Å². The van der Waals surface area contributed by atoms with Crippen molar-refractivity contribution in [3.05, 3.63) is 30.2 Å². The number of anilines is 1. The molecule has 0 unspecified atom stereocenters. The monoisotopic (exact) mass is 272 g/mol. The Kier molecular flexibility index (Phi) is 3.02. The molecule has 1 aromatic carbocycles. The fraction of sp³-hybridized carbons (Fsp3) is 0.357. The van der Waals surface area contributed by atoms with Crippen LogP contribution in [-0.2, 0) is 4.79 Å². The summed E-state index contributed by atoms with van der Waals surface area (Å²) in [5, 5.41) is 10.4. The second kappa shape index (κ2) is 4.72. The van der Waals surface area contributed by atoms with Crippen molar-refractivity contribution < 1.29 is 9.21 Å². The van der Waals surface area contributed by atoms with Crippen LogP contribution in [0.25, 0.3) is 11.5 Å². The molecule has 3 N–H and O–H groups in total. The summed E-state index contributed by atoms with van der Waals surface area (Å²) in [6.45, 7) is 1.93. The minimum Gasteiger partial charge on any atom is -0.423 e. The van der Waals surface area contributed by atoms with E-state index in [1.54, 1.807) is 0 Å². The van der Waals surface area contributed by atoms with E-state index in [9.17, 15) is 4.79 Å². The molecule has 1 saturated carbocycles. The number of nitrogens with one attached hydrogen (secondary N) is 1. The standard InChI is InChI=1S/C14H16N4O2/c1-9-3-4-10(12-18-16-8-20-12)7-11(9)17-13(19)14(15)5-2-6-14/h3-4,7-8H,2,5-6,15H2,1H3,(H,17,19). The van der Waals surface area contributed by atoms with Crippen LogP contribution >= 0.6 is 0 Å². The number of nitrogens with zero attached hydrogens (tertiary/aromatic N) is 2. The Morgan fingerprint density at radius 2 is 2.25 bits per heavy atom. The summed E-state index contributed by atoms with van der Waals surface area (Å²) in [6, 6.07) is 5.60. The van der Waals surface area contributed by atoms with Crippen LogP contribution in [-0.4, -0.2) is 21.6 Å². The van der Waals surface area contributed by atoms with Crippen molar-refractivity contribution in [3.63, 3.8) is 0 Å². The van der Waals surface area contributed by atoms with Crippen LogP contribution in [0.5, 0.6) is 0 Å². The van der Waals surface area contributed by atoms with Gasteiger partial charge in [0.2, 0.25) is 18.2 Å². The van der Waals surface area contributed by atoms with Crippen LogP contribution in [0.1, 0.15) is 24.8 Å². The lowest BCUT2D eigenvalue weighted by Gasteiger charge is -2.36. The van der Waals surface area contributed by atoms with Crippen molar-refractivity contribution in [2.45, 2.75) is 31.7 Å². The van der Waals surface area contributed by atoms with E-state index in [1.165, 1.54) is 6.39 Å². The molecule has 1 aliphatic rings. The maximum atomic E-state index is 12.2. The van der Waals surface area contributed by atoms with Gasteiger partial charge >= 0.3 is 0 Å². The van der Waals surface area contributed by atoms with Gasteiger partial charge in [-0.15, -0.1) is 10.2 Å². The molecule has 2 aromatic rings. The third-order valence-corrected chi connectivity index (χ3v) is 3.79. The highest BCUT2D eigenvalue weighted by Gasteiger charge is 2.40. The molecule has 1 aromatic heterocycles. The van der Waals surface area contributed by atoms with E-state index in [2.05, 4.69) is 15.5 Å². The van der Waals surface area contributed by atoms with E-state index in [0.717, 1.165) is 36.1 Å². The SMILES string of the molecule is Cc1ccc(-c2nnco2)cc1NC(=O)C1(N)CCC1. The quantitative estimate of drug-likeness (QED) is 0.889. The van der Waals surface area contributed by atoms with Gasteiger partial charge in [-0.1, -0.05) is 6.07 Å². The summed E-state index contributed by atoms with van der Waals surface area (Å²) in [5.74, 6) is 0.293. The minimum absolute atomic E-state index is 0.130. The molecular formula is C14H16N4O2. The fourth-order valence-electron chi connectivity index (χ4n) is 2.22. The van der Waals surface area contributed by atoms with Crippen LogP contribution in [0.15, 0.2) is 29.0 Å². The van der Waals surface area contributed by atoms with Crippen molar-refractivity contribution in [1.29, 1.82) is 0 Å². The lowest BCUT2D eigenvalue weighted by atomic mass is 9.77. The van der Waals surface area contributed by atoms with Gasteiger partial charge in [0.05, 0.1) is 5.54 Å². The third-order valence-electron chi connectivity index (χ3n) is 3.79. The number of nitrogens with two attached hydrogens (primary N) is 1. The molecule has 0 bridgehead atoms. The summed E-state index contributed by atoms with van der Waals surface area (Å²) in [6.07, 6.45) is 3.75. The molecule has 104 valence electrons. The zero-order valence-electron chi connectivity index (χ0n) is 11.2. The average molecular weight is 272 g/mol. The number of hydrogen-bond acceptors (Lipinski definition) is 5. The smallest absolute Gasteiger partial charge is 0.247 e. The van der Waals surface area contributed by atoms with Gasteiger partial charge in [-0.25, -0.2) is 0 Å². The summed E-state index contributed by atoms with van der Waals surface area (Å²) in [7, 11) is 0. The van der Waals surface area contributed by atoms with Gasteiger partial charge in [0.1, 0.15) is 0 Å². The predicted molar refractivity (Wildman–Crippen MR) is 73.9 cm³/mol. The van der Waals surface area contributed by atoms with Crippen molar-refractivity contribution >= 4 is 11.6 Å². The molecule has 0 atom stereocenters. The number of aromatic nitrogens is 2. The highest BCUT2D eigenvalue weighted by atomic mass is 16.4. The molecular weight excluding hydrogens is 256 g/mol. The third kappa shape index (κ3) is 2.18. The first-order chi connectivity index (χ1) is 9.58. The van der Waals surface area contributed by atoms with Crippen molar-refractivity contribution in [3.8, 4) is 11.5 Å². The molecule has 6 heteroatoms. The molecule has 6 nitrogen and oxygen atoms in total. The average Bonchev–Trinajstić information content (AvgIpc) is 2.92. The van der Waals surface area contributed by atoms with Gasteiger partial charge in [-0.3, -0.25) is 4.79 Å². The number of benzene rings is 1. The second-order valence-electron chi connectivity index (χ2n) is 5.24. The Bertz CT molecular complexity index is 633. The van der Waals surface area contributed by atoms with Crippen molar-refractivity contribution in [2.75, 3.05) is 5.32 Å². The van der Waals surface area contributed by atoms with E-state index in [-0.39, 0.29) is 5.91 Å². The van der Waals surface area contributed by atoms with Crippen molar-refractivity contribution in [2.24, 2.45) is 5.73 Å². The zero-order chi connectivity index (χ0) is 14.2. The molecule has 3 rings (SSSR count). The largest absolute Gasteiger partial charge is 0.423 e. The number of carbonyl (C=O) groups excluding carboxylic acids is 1. The van der Waals surface area contributed by atoms with Crippen molar-refractivity contribution in [1.82, 2.24) is 10.2 Å². The Morgan fingerprint density at radius 3 is 2.85 bits per heavy atom. The molecule has 0 spiro atoms. The Labute approximate surface area is 116 Å². The maximum absolute atomic E-state index is 12.2. The van der Waals surface area contributed by atoms with E-state index >= 15 is 0 Å².